The van der Waals surface area contributed by atoms with Gasteiger partial charge in [-0.15, -0.1) is 11.3 Å². The lowest BCUT2D eigenvalue weighted by molar-refractivity contribution is 1.68. The van der Waals surface area contributed by atoms with Crippen LogP contribution >= 0.6 is 27.3 Å². The van der Waals surface area contributed by atoms with Crippen LogP contribution in [0.3, 0.4) is 0 Å². The Morgan fingerprint density at radius 1 is 0.625 bits per heavy atom. The molecule has 0 radical (unpaired) electrons. The third-order valence-corrected chi connectivity index (χ3v) is 6.81. The quantitative estimate of drug-likeness (QED) is 0.276. The summed E-state index contributed by atoms with van der Waals surface area (Å²) in [5.74, 6) is 0. The van der Waals surface area contributed by atoms with E-state index in [9.17, 15) is 0 Å². The predicted octanol–water partition coefficient (Wildman–Crippen LogP) is 7.64. The first kappa shape index (κ1) is 14.2. The second kappa shape index (κ2) is 5.44. The molecule has 0 atom stereocenters. The molecule has 0 amide bonds. The molecule has 0 spiro atoms. The highest BCUT2D eigenvalue weighted by molar-refractivity contribution is 9.11. The normalized spacial score (nSPS) is 11.5. The average Bonchev–Trinajstić information content (AvgIpc) is 3.03. The molecule has 0 aliphatic carbocycles. The van der Waals surface area contributed by atoms with Crippen molar-refractivity contribution in [1.82, 2.24) is 0 Å². The van der Waals surface area contributed by atoms with E-state index in [-0.39, 0.29) is 0 Å². The fourth-order valence-corrected chi connectivity index (χ4v) is 5.45. The Hall–Kier alpha value is -2.16. The summed E-state index contributed by atoms with van der Waals surface area (Å²) < 4.78 is 3.86. The second-order valence-electron chi connectivity index (χ2n) is 5.90. The molecule has 114 valence electrons. The van der Waals surface area contributed by atoms with E-state index in [1.165, 1.54) is 46.5 Å². The molecule has 0 saturated heterocycles. The van der Waals surface area contributed by atoms with Gasteiger partial charge in [-0.05, 0) is 43.9 Å². The van der Waals surface area contributed by atoms with Crippen molar-refractivity contribution >= 4 is 58.2 Å². The molecule has 4 aromatic carbocycles. The van der Waals surface area contributed by atoms with Crippen LogP contribution in [0.25, 0.3) is 42.1 Å². The van der Waals surface area contributed by atoms with E-state index in [1.54, 1.807) is 0 Å². The molecule has 1 heterocycles. The number of hydrogen-bond acceptors (Lipinski definition) is 1. The summed E-state index contributed by atoms with van der Waals surface area (Å²) >= 11 is 5.74. The average molecular weight is 389 g/mol. The van der Waals surface area contributed by atoms with Crippen LogP contribution in [-0.4, -0.2) is 0 Å². The van der Waals surface area contributed by atoms with Crippen LogP contribution in [0.15, 0.2) is 83.3 Å². The third-order valence-electron chi connectivity index (χ3n) is 4.54. The molecule has 0 aliphatic rings. The van der Waals surface area contributed by atoms with Crippen molar-refractivity contribution in [2.75, 3.05) is 0 Å². The molecular formula is C22H13BrS. The van der Waals surface area contributed by atoms with Gasteiger partial charge < -0.3 is 0 Å². The van der Waals surface area contributed by atoms with Crippen LogP contribution in [0.1, 0.15) is 0 Å². The van der Waals surface area contributed by atoms with Gasteiger partial charge in [0.15, 0.2) is 0 Å². The zero-order chi connectivity index (χ0) is 16.1. The van der Waals surface area contributed by atoms with Crippen LogP contribution < -0.4 is 0 Å². The minimum absolute atomic E-state index is 1.20. The summed E-state index contributed by atoms with van der Waals surface area (Å²) in [4.78, 5) is 0. The van der Waals surface area contributed by atoms with Crippen LogP contribution in [0.2, 0.25) is 0 Å². The number of thiophene rings is 1. The van der Waals surface area contributed by atoms with Crippen molar-refractivity contribution in [2.24, 2.45) is 0 Å². The zero-order valence-corrected chi connectivity index (χ0v) is 15.2. The Morgan fingerprint density at radius 3 is 2.04 bits per heavy atom. The summed E-state index contributed by atoms with van der Waals surface area (Å²) in [6.07, 6.45) is 0. The monoisotopic (exact) mass is 388 g/mol. The molecule has 0 saturated carbocycles. The lowest BCUT2D eigenvalue weighted by atomic mass is 9.93. The number of rotatable bonds is 1. The van der Waals surface area contributed by atoms with Gasteiger partial charge in [0.2, 0.25) is 0 Å². The first-order valence-electron chi connectivity index (χ1n) is 7.91. The molecule has 5 rings (SSSR count). The standard InChI is InChI=1S/C22H13BrS/c23-21-16-11-5-4-10-15(16)19(14-8-2-1-3-9-14)20-17-12-6-7-13-18(17)24-22(20)21/h1-13H. The Balaban J connectivity index is 2.12. The number of hydrogen-bond donors (Lipinski definition) is 0. The van der Waals surface area contributed by atoms with Gasteiger partial charge in [-0.3, -0.25) is 0 Å². The number of fused-ring (bicyclic) bond motifs is 4. The maximum Gasteiger partial charge on any atom is 0.0510 e. The van der Waals surface area contributed by atoms with Gasteiger partial charge in [0, 0.05) is 19.9 Å². The smallest absolute Gasteiger partial charge is 0.0510 e. The summed E-state index contributed by atoms with van der Waals surface area (Å²) in [6.45, 7) is 0. The molecule has 0 nitrogen and oxygen atoms in total. The van der Waals surface area contributed by atoms with Crippen molar-refractivity contribution in [2.45, 2.75) is 0 Å². The summed E-state index contributed by atoms with van der Waals surface area (Å²) in [5.41, 5.74) is 2.61. The van der Waals surface area contributed by atoms with Crippen LogP contribution in [0, 0.1) is 0 Å². The van der Waals surface area contributed by atoms with E-state index in [1.807, 2.05) is 11.3 Å². The summed E-state index contributed by atoms with van der Waals surface area (Å²) in [6, 6.07) is 28.1. The SMILES string of the molecule is Brc1c2ccccc2c(-c2ccccc2)c2c1sc1ccccc12. The van der Waals surface area contributed by atoms with Gasteiger partial charge in [-0.2, -0.15) is 0 Å². The highest BCUT2D eigenvalue weighted by atomic mass is 79.9. The second-order valence-corrected chi connectivity index (χ2v) is 7.75. The molecular weight excluding hydrogens is 376 g/mol. The third kappa shape index (κ3) is 1.97. The van der Waals surface area contributed by atoms with Gasteiger partial charge >= 0.3 is 0 Å². The largest absolute Gasteiger partial charge is 0.134 e. The Labute approximate surface area is 152 Å². The van der Waals surface area contributed by atoms with Crippen molar-refractivity contribution in [3.63, 3.8) is 0 Å². The van der Waals surface area contributed by atoms with Crippen LogP contribution in [0.5, 0.6) is 0 Å². The summed E-state index contributed by atoms with van der Waals surface area (Å²) in [5, 5.41) is 5.26. The fraction of sp³-hybridized carbons (Fsp3) is 0. The molecule has 5 aromatic rings. The maximum atomic E-state index is 3.88. The molecule has 24 heavy (non-hydrogen) atoms. The predicted molar refractivity (Wildman–Crippen MR) is 110 cm³/mol. The van der Waals surface area contributed by atoms with Crippen LogP contribution in [-0.2, 0) is 0 Å². The highest BCUT2D eigenvalue weighted by Crippen LogP contribution is 2.48. The molecule has 0 unspecified atom stereocenters. The van der Waals surface area contributed by atoms with Crippen molar-refractivity contribution < 1.29 is 0 Å². The fourth-order valence-electron chi connectivity index (χ4n) is 3.50. The Morgan fingerprint density at radius 2 is 1.25 bits per heavy atom. The molecule has 1 aromatic heterocycles. The number of halogens is 1. The lowest BCUT2D eigenvalue weighted by Gasteiger charge is -2.12. The lowest BCUT2D eigenvalue weighted by Crippen LogP contribution is -1.85. The van der Waals surface area contributed by atoms with E-state index in [4.69, 9.17) is 0 Å². The first-order valence-corrected chi connectivity index (χ1v) is 9.52. The zero-order valence-electron chi connectivity index (χ0n) is 12.8. The summed E-state index contributed by atoms with van der Waals surface area (Å²) in [7, 11) is 0. The molecule has 0 N–H and O–H groups in total. The van der Waals surface area contributed by atoms with Crippen LogP contribution in [0.4, 0.5) is 0 Å². The topological polar surface area (TPSA) is 0 Å². The van der Waals surface area contributed by atoms with E-state index in [2.05, 4.69) is 94.8 Å². The van der Waals surface area contributed by atoms with Gasteiger partial charge in [0.05, 0.1) is 4.70 Å². The molecule has 0 fully saturated rings. The minimum Gasteiger partial charge on any atom is -0.134 e. The van der Waals surface area contributed by atoms with Crippen molar-refractivity contribution in [1.29, 1.82) is 0 Å². The van der Waals surface area contributed by atoms with Gasteiger partial charge in [-0.25, -0.2) is 0 Å². The molecule has 0 aliphatic heterocycles. The number of benzene rings is 4. The van der Waals surface area contributed by atoms with Gasteiger partial charge in [-0.1, -0.05) is 72.8 Å². The van der Waals surface area contributed by atoms with Crippen molar-refractivity contribution in [3.05, 3.63) is 83.3 Å². The highest BCUT2D eigenvalue weighted by Gasteiger charge is 2.17. The maximum absolute atomic E-state index is 3.88. The molecule has 2 heteroatoms. The van der Waals surface area contributed by atoms with E-state index in [0.717, 1.165) is 0 Å². The Bertz CT molecular complexity index is 1200. The van der Waals surface area contributed by atoms with Gasteiger partial charge in [0.1, 0.15) is 0 Å². The van der Waals surface area contributed by atoms with E-state index >= 15 is 0 Å². The van der Waals surface area contributed by atoms with E-state index in [0.29, 0.717) is 0 Å². The first-order chi connectivity index (χ1) is 11.8. The van der Waals surface area contributed by atoms with Gasteiger partial charge in [0.25, 0.3) is 0 Å². The minimum atomic E-state index is 1.20. The van der Waals surface area contributed by atoms with Crippen molar-refractivity contribution in [3.8, 4) is 11.1 Å². The van der Waals surface area contributed by atoms with E-state index < -0.39 is 0 Å². The molecule has 0 bridgehead atoms. The Kier molecular flexibility index (Phi) is 3.22.